The van der Waals surface area contributed by atoms with Crippen LogP contribution < -0.4 is 0 Å². The van der Waals surface area contributed by atoms with E-state index in [0.717, 1.165) is 53.7 Å². The van der Waals surface area contributed by atoms with Crippen molar-refractivity contribution in [2.45, 2.75) is 44.9 Å². The van der Waals surface area contributed by atoms with Gasteiger partial charge in [0.1, 0.15) is 17.0 Å². The SMILES string of the molecule is Cc1c(-c2ccc3c(c2O)CCC3)nnc2c([C@@H]3CCCN(C)C3)csc12. The lowest BCUT2D eigenvalue weighted by molar-refractivity contribution is 0.251. The first-order valence-corrected chi connectivity index (χ1v) is 10.8. The van der Waals surface area contributed by atoms with Gasteiger partial charge in [-0.05, 0) is 92.2 Å². The summed E-state index contributed by atoms with van der Waals surface area (Å²) in [7, 11) is 2.20. The largest absolute Gasteiger partial charge is 0.507 e. The van der Waals surface area contributed by atoms with Gasteiger partial charge in [0, 0.05) is 12.1 Å². The van der Waals surface area contributed by atoms with Crippen LogP contribution in [0.1, 0.15) is 47.4 Å². The number of rotatable bonds is 2. The lowest BCUT2D eigenvalue weighted by atomic mass is 9.91. The highest BCUT2D eigenvalue weighted by Gasteiger charge is 2.25. The molecule has 5 heteroatoms. The van der Waals surface area contributed by atoms with Gasteiger partial charge in [0.2, 0.25) is 0 Å². The van der Waals surface area contributed by atoms with Crippen LogP contribution in [0.25, 0.3) is 21.5 Å². The van der Waals surface area contributed by atoms with Crippen molar-refractivity contribution >= 4 is 21.6 Å². The van der Waals surface area contributed by atoms with Gasteiger partial charge in [-0.2, -0.15) is 0 Å². The summed E-state index contributed by atoms with van der Waals surface area (Å²) >= 11 is 1.77. The zero-order chi connectivity index (χ0) is 18.5. The summed E-state index contributed by atoms with van der Waals surface area (Å²) in [5.74, 6) is 0.956. The molecular formula is C22H25N3OS. The molecule has 1 aliphatic heterocycles. The van der Waals surface area contributed by atoms with E-state index in [1.54, 1.807) is 11.3 Å². The van der Waals surface area contributed by atoms with E-state index in [9.17, 15) is 5.11 Å². The molecule has 4 nitrogen and oxygen atoms in total. The lowest BCUT2D eigenvalue weighted by Gasteiger charge is -2.29. The highest BCUT2D eigenvalue weighted by Crippen LogP contribution is 2.42. The fourth-order valence-corrected chi connectivity index (χ4v) is 5.91. The van der Waals surface area contributed by atoms with Crippen LogP contribution >= 0.6 is 11.3 Å². The van der Waals surface area contributed by atoms with Crippen LogP contribution in [0, 0.1) is 6.92 Å². The van der Waals surface area contributed by atoms with E-state index in [1.807, 2.05) is 6.07 Å². The molecule has 1 atom stereocenters. The van der Waals surface area contributed by atoms with E-state index in [1.165, 1.54) is 35.2 Å². The third-order valence-corrected chi connectivity index (χ3v) is 7.42. The Morgan fingerprint density at radius 1 is 1.19 bits per heavy atom. The van der Waals surface area contributed by atoms with Gasteiger partial charge in [0.05, 0.1) is 4.70 Å². The number of fused-ring (bicyclic) bond motifs is 2. The summed E-state index contributed by atoms with van der Waals surface area (Å²) in [6.45, 7) is 4.40. The van der Waals surface area contributed by atoms with E-state index in [4.69, 9.17) is 0 Å². The van der Waals surface area contributed by atoms with Gasteiger partial charge < -0.3 is 10.0 Å². The molecule has 0 saturated carbocycles. The molecule has 0 bridgehead atoms. The van der Waals surface area contributed by atoms with E-state index in [-0.39, 0.29) is 0 Å². The maximum absolute atomic E-state index is 10.8. The number of aromatic nitrogens is 2. The molecule has 5 rings (SSSR count). The van der Waals surface area contributed by atoms with Crippen molar-refractivity contribution in [2.75, 3.05) is 20.1 Å². The van der Waals surface area contributed by atoms with Crippen molar-refractivity contribution in [1.29, 1.82) is 0 Å². The van der Waals surface area contributed by atoms with Gasteiger partial charge in [-0.15, -0.1) is 21.5 Å². The molecule has 2 aromatic heterocycles. The fourth-order valence-electron chi connectivity index (χ4n) is 4.82. The zero-order valence-electron chi connectivity index (χ0n) is 16.0. The Morgan fingerprint density at radius 2 is 2.07 bits per heavy atom. The van der Waals surface area contributed by atoms with Crippen molar-refractivity contribution in [2.24, 2.45) is 0 Å². The Bertz CT molecular complexity index is 1030. The molecule has 1 N–H and O–H groups in total. The van der Waals surface area contributed by atoms with Crippen molar-refractivity contribution < 1.29 is 5.11 Å². The van der Waals surface area contributed by atoms with E-state index < -0.39 is 0 Å². The predicted molar refractivity (Wildman–Crippen MR) is 111 cm³/mol. The van der Waals surface area contributed by atoms with Gasteiger partial charge in [-0.25, -0.2) is 0 Å². The van der Waals surface area contributed by atoms with Crippen molar-refractivity contribution in [3.63, 3.8) is 0 Å². The second-order valence-corrected chi connectivity index (χ2v) is 8.98. The van der Waals surface area contributed by atoms with Gasteiger partial charge in [0.25, 0.3) is 0 Å². The Balaban J connectivity index is 1.59. The number of hydrogen-bond acceptors (Lipinski definition) is 5. The van der Waals surface area contributed by atoms with Gasteiger partial charge in [-0.3, -0.25) is 0 Å². The third-order valence-electron chi connectivity index (χ3n) is 6.31. The molecule has 0 spiro atoms. The molecule has 0 radical (unpaired) electrons. The van der Waals surface area contributed by atoms with E-state index >= 15 is 0 Å². The highest BCUT2D eigenvalue weighted by atomic mass is 32.1. The maximum Gasteiger partial charge on any atom is 0.128 e. The number of nitrogens with zero attached hydrogens (tertiary/aromatic N) is 3. The van der Waals surface area contributed by atoms with E-state index in [2.05, 4.69) is 40.5 Å². The molecule has 140 valence electrons. The van der Waals surface area contributed by atoms with Crippen LogP contribution in [0.3, 0.4) is 0 Å². The number of piperidine rings is 1. The number of hydrogen-bond donors (Lipinski definition) is 1. The van der Waals surface area contributed by atoms with E-state index in [0.29, 0.717) is 11.7 Å². The second kappa shape index (κ2) is 6.57. The van der Waals surface area contributed by atoms with Crippen molar-refractivity contribution in [1.82, 2.24) is 15.1 Å². The molecule has 1 saturated heterocycles. The van der Waals surface area contributed by atoms with Crippen LogP contribution in [0.15, 0.2) is 17.5 Å². The number of phenols is 1. The average molecular weight is 380 g/mol. The van der Waals surface area contributed by atoms with Crippen molar-refractivity contribution in [3.05, 3.63) is 39.8 Å². The second-order valence-electron chi connectivity index (χ2n) is 8.10. The van der Waals surface area contributed by atoms with Crippen LogP contribution in [0.4, 0.5) is 0 Å². The summed E-state index contributed by atoms with van der Waals surface area (Å²) in [5, 5.41) is 22.3. The maximum atomic E-state index is 10.8. The topological polar surface area (TPSA) is 49.3 Å². The van der Waals surface area contributed by atoms with Crippen LogP contribution in [0.5, 0.6) is 5.75 Å². The molecule has 0 amide bonds. The molecule has 1 fully saturated rings. The number of likely N-dealkylation sites (N-methyl/N-ethyl adjacent to an activating group) is 1. The minimum Gasteiger partial charge on any atom is -0.507 e. The zero-order valence-corrected chi connectivity index (χ0v) is 16.8. The number of thiophene rings is 1. The summed E-state index contributed by atoms with van der Waals surface area (Å²) in [6, 6.07) is 4.17. The monoisotopic (exact) mass is 379 g/mol. The highest BCUT2D eigenvalue weighted by molar-refractivity contribution is 7.17. The van der Waals surface area contributed by atoms with Gasteiger partial charge in [-0.1, -0.05) is 6.07 Å². The predicted octanol–water partition coefficient (Wildman–Crippen LogP) is 4.67. The summed E-state index contributed by atoms with van der Waals surface area (Å²) in [6.07, 6.45) is 5.62. The number of benzene rings is 1. The van der Waals surface area contributed by atoms with Crippen LogP contribution in [-0.2, 0) is 12.8 Å². The van der Waals surface area contributed by atoms with Crippen molar-refractivity contribution in [3.8, 4) is 17.0 Å². The number of likely N-dealkylation sites (tertiary alicyclic amines) is 1. The Kier molecular flexibility index (Phi) is 4.17. The first kappa shape index (κ1) is 17.1. The number of aryl methyl sites for hydroxylation is 2. The number of phenolic OH excluding ortho intramolecular Hbond substituents is 1. The molecule has 2 aliphatic rings. The summed E-state index contributed by atoms with van der Waals surface area (Å²) < 4.78 is 1.21. The van der Waals surface area contributed by atoms with Crippen LogP contribution in [0.2, 0.25) is 0 Å². The molecule has 0 unspecified atom stereocenters. The molecule has 3 heterocycles. The minimum absolute atomic E-state index is 0.410. The van der Waals surface area contributed by atoms with Gasteiger partial charge >= 0.3 is 0 Å². The Hall–Kier alpha value is -1.98. The Labute approximate surface area is 163 Å². The number of aromatic hydroxyl groups is 1. The quantitative estimate of drug-likeness (QED) is 0.703. The first-order valence-electron chi connectivity index (χ1n) is 9.90. The lowest BCUT2D eigenvalue weighted by Crippen LogP contribution is -2.30. The third kappa shape index (κ3) is 2.75. The molecule has 1 aliphatic carbocycles. The minimum atomic E-state index is 0.410. The summed E-state index contributed by atoms with van der Waals surface area (Å²) in [5.41, 5.74) is 7.57. The molecule has 1 aromatic carbocycles. The first-order chi connectivity index (χ1) is 13.1. The smallest absolute Gasteiger partial charge is 0.128 e. The molecular weight excluding hydrogens is 354 g/mol. The Morgan fingerprint density at radius 3 is 2.93 bits per heavy atom. The van der Waals surface area contributed by atoms with Crippen LogP contribution in [-0.4, -0.2) is 40.3 Å². The standard InChI is InChI=1S/C22H25N3OS/c1-13-19(17-9-8-14-5-3-7-16(14)21(17)26)23-24-20-18(12-27-22(13)20)15-6-4-10-25(2)11-15/h8-9,12,15,26H,3-7,10-11H2,1-2H3/t15-/m1/s1. The van der Waals surface area contributed by atoms with Gasteiger partial charge in [0.15, 0.2) is 0 Å². The summed E-state index contributed by atoms with van der Waals surface area (Å²) in [4.78, 5) is 2.41. The molecule has 27 heavy (non-hydrogen) atoms. The average Bonchev–Trinajstić information content (AvgIpc) is 3.30. The normalized spacial score (nSPS) is 20.3. The molecule has 3 aromatic rings. The fraction of sp³-hybridized carbons (Fsp3) is 0.455.